The molecule has 0 amide bonds. The van der Waals surface area contributed by atoms with Gasteiger partial charge in [-0.05, 0) is 18.2 Å². The lowest BCUT2D eigenvalue weighted by Gasteiger charge is -2.06. The van der Waals surface area contributed by atoms with Gasteiger partial charge in [0.15, 0.2) is 0 Å². The highest BCUT2D eigenvalue weighted by Crippen LogP contribution is 2.29. The van der Waals surface area contributed by atoms with Crippen LogP contribution in [0.2, 0.25) is 5.02 Å². The average molecular weight is 264 g/mol. The molecule has 1 aromatic carbocycles. The van der Waals surface area contributed by atoms with E-state index in [0.717, 1.165) is 9.92 Å². The van der Waals surface area contributed by atoms with E-state index in [9.17, 15) is 0 Å². The molecule has 3 N–H and O–H groups in total. The molecule has 0 radical (unpaired) electrons. The lowest BCUT2D eigenvalue weighted by molar-refractivity contribution is 1.13. The number of hydrogen-bond donors (Lipinski definition) is 2. The van der Waals surface area contributed by atoms with Gasteiger partial charge in [0.1, 0.15) is 10.9 Å². The molecule has 1 heterocycles. The number of rotatable bonds is 3. The van der Waals surface area contributed by atoms with Gasteiger partial charge in [-0.2, -0.15) is 0 Å². The van der Waals surface area contributed by atoms with Gasteiger partial charge in [0, 0.05) is 16.7 Å². The molecule has 2 rings (SSSR count). The van der Waals surface area contributed by atoms with Crippen LogP contribution in [-0.4, -0.2) is 10.8 Å². The second kappa shape index (κ2) is 5.21. The van der Waals surface area contributed by atoms with Gasteiger partial charge < -0.3 is 5.73 Å². The molecule has 17 heavy (non-hydrogen) atoms. The smallest absolute Gasteiger partial charge is 0.123 e. The SMILES string of the molecule is N=C(N)c1ccccc1Sc1ccc(Cl)cn1. The fraction of sp³-hybridized carbons (Fsp3) is 0. The highest BCUT2D eigenvalue weighted by molar-refractivity contribution is 7.99. The molecular weight excluding hydrogens is 254 g/mol. The van der Waals surface area contributed by atoms with Crippen LogP contribution in [-0.2, 0) is 0 Å². The maximum atomic E-state index is 7.50. The lowest BCUT2D eigenvalue weighted by atomic mass is 10.2. The van der Waals surface area contributed by atoms with E-state index >= 15 is 0 Å². The molecule has 0 aliphatic rings. The molecule has 1 aromatic heterocycles. The third kappa shape index (κ3) is 2.99. The van der Waals surface area contributed by atoms with Crippen molar-refractivity contribution >= 4 is 29.2 Å². The van der Waals surface area contributed by atoms with Crippen LogP contribution in [0.1, 0.15) is 5.56 Å². The number of pyridine rings is 1. The maximum Gasteiger partial charge on any atom is 0.123 e. The first-order valence-electron chi connectivity index (χ1n) is 4.89. The normalized spacial score (nSPS) is 10.2. The Morgan fingerprint density at radius 1 is 1.24 bits per heavy atom. The van der Waals surface area contributed by atoms with Crippen LogP contribution in [0.5, 0.6) is 0 Å². The van der Waals surface area contributed by atoms with Crippen LogP contribution in [0.25, 0.3) is 0 Å². The van der Waals surface area contributed by atoms with Crippen molar-refractivity contribution in [2.45, 2.75) is 9.92 Å². The average Bonchev–Trinajstić information content (AvgIpc) is 2.32. The van der Waals surface area contributed by atoms with Gasteiger partial charge in [0.05, 0.1) is 5.02 Å². The predicted molar refractivity (Wildman–Crippen MR) is 70.8 cm³/mol. The Labute approximate surface area is 109 Å². The highest BCUT2D eigenvalue weighted by Gasteiger charge is 2.06. The fourth-order valence-corrected chi connectivity index (χ4v) is 2.33. The van der Waals surface area contributed by atoms with E-state index in [1.54, 1.807) is 12.3 Å². The van der Waals surface area contributed by atoms with Crippen molar-refractivity contribution in [2.75, 3.05) is 0 Å². The monoisotopic (exact) mass is 263 g/mol. The Bertz CT molecular complexity index is 540. The van der Waals surface area contributed by atoms with Crippen LogP contribution in [0.3, 0.4) is 0 Å². The van der Waals surface area contributed by atoms with Crippen LogP contribution < -0.4 is 5.73 Å². The Balaban J connectivity index is 2.30. The first kappa shape index (κ1) is 12.0. The molecule has 0 unspecified atom stereocenters. The summed E-state index contributed by atoms with van der Waals surface area (Å²) in [7, 11) is 0. The third-order valence-electron chi connectivity index (χ3n) is 2.09. The summed E-state index contributed by atoms with van der Waals surface area (Å²) in [6.07, 6.45) is 1.60. The molecular formula is C12H10ClN3S. The Kier molecular flexibility index (Phi) is 3.66. The summed E-state index contributed by atoms with van der Waals surface area (Å²) < 4.78 is 0. The zero-order chi connectivity index (χ0) is 12.3. The number of nitrogen functional groups attached to an aromatic ring is 1. The van der Waals surface area contributed by atoms with E-state index in [4.69, 9.17) is 22.7 Å². The summed E-state index contributed by atoms with van der Waals surface area (Å²) >= 11 is 7.23. The van der Waals surface area contributed by atoms with Gasteiger partial charge in [-0.1, -0.05) is 41.6 Å². The summed E-state index contributed by atoms with van der Waals surface area (Å²) in [5, 5.41) is 8.93. The largest absolute Gasteiger partial charge is 0.384 e. The topological polar surface area (TPSA) is 62.8 Å². The van der Waals surface area contributed by atoms with E-state index in [-0.39, 0.29) is 5.84 Å². The maximum absolute atomic E-state index is 7.50. The second-order valence-corrected chi connectivity index (χ2v) is 4.83. The first-order valence-corrected chi connectivity index (χ1v) is 6.09. The number of amidine groups is 1. The van der Waals surface area contributed by atoms with E-state index in [2.05, 4.69) is 4.98 Å². The Morgan fingerprint density at radius 2 is 2.00 bits per heavy atom. The molecule has 3 nitrogen and oxygen atoms in total. The minimum absolute atomic E-state index is 0.0575. The number of aromatic nitrogens is 1. The summed E-state index contributed by atoms with van der Waals surface area (Å²) in [6, 6.07) is 11.1. The zero-order valence-corrected chi connectivity index (χ0v) is 10.4. The molecule has 86 valence electrons. The molecule has 0 bridgehead atoms. The van der Waals surface area contributed by atoms with Crippen LogP contribution in [0.15, 0.2) is 52.5 Å². The van der Waals surface area contributed by atoms with E-state index in [1.165, 1.54) is 11.8 Å². The molecule has 0 aliphatic heterocycles. The van der Waals surface area contributed by atoms with Crippen molar-refractivity contribution in [1.29, 1.82) is 5.41 Å². The predicted octanol–water partition coefficient (Wildman–Crippen LogP) is 3.17. The first-order chi connectivity index (χ1) is 8.16. The van der Waals surface area contributed by atoms with Gasteiger partial charge >= 0.3 is 0 Å². The van der Waals surface area contributed by atoms with Crippen molar-refractivity contribution in [3.05, 3.63) is 53.2 Å². The number of nitrogens with one attached hydrogen (secondary N) is 1. The molecule has 0 aliphatic carbocycles. The zero-order valence-electron chi connectivity index (χ0n) is 8.85. The van der Waals surface area contributed by atoms with Crippen molar-refractivity contribution in [1.82, 2.24) is 4.98 Å². The highest BCUT2D eigenvalue weighted by atomic mass is 35.5. The number of hydrogen-bond acceptors (Lipinski definition) is 3. The van der Waals surface area contributed by atoms with Crippen molar-refractivity contribution in [2.24, 2.45) is 5.73 Å². The van der Waals surface area contributed by atoms with Crippen molar-refractivity contribution in [3.8, 4) is 0 Å². The number of nitrogens with two attached hydrogens (primary N) is 1. The second-order valence-electron chi connectivity index (χ2n) is 3.33. The van der Waals surface area contributed by atoms with Crippen molar-refractivity contribution < 1.29 is 0 Å². The van der Waals surface area contributed by atoms with Gasteiger partial charge in [0.2, 0.25) is 0 Å². The van der Waals surface area contributed by atoms with Gasteiger partial charge in [-0.25, -0.2) is 4.98 Å². The quantitative estimate of drug-likeness (QED) is 0.660. The van der Waals surface area contributed by atoms with Crippen LogP contribution in [0.4, 0.5) is 0 Å². The molecule has 0 spiro atoms. The summed E-state index contributed by atoms with van der Waals surface area (Å²) in [5.41, 5.74) is 6.24. The molecule has 5 heteroatoms. The molecule has 0 saturated heterocycles. The third-order valence-corrected chi connectivity index (χ3v) is 3.34. The lowest BCUT2D eigenvalue weighted by Crippen LogP contribution is -2.11. The van der Waals surface area contributed by atoms with E-state index in [1.807, 2.05) is 30.3 Å². The Morgan fingerprint density at radius 3 is 2.65 bits per heavy atom. The van der Waals surface area contributed by atoms with Crippen molar-refractivity contribution in [3.63, 3.8) is 0 Å². The van der Waals surface area contributed by atoms with Crippen LogP contribution in [0, 0.1) is 5.41 Å². The summed E-state index contributed by atoms with van der Waals surface area (Å²) in [6.45, 7) is 0. The minimum Gasteiger partial charge on any atom is -0.384 e. The fourth-order valence-electron chi connectivity index (χ4n) is 1.31. The van der Waals surface area contributed by atoms with Gasteiger partial charge in [-0.3, -0.25) is 5.41 Å². The molecule has 0 atom stereocenters. The van der Waals surface area contributed by atoms with Gasteiger partial charge in [0.25, 0.3) is 0 Å². The molecule has 0 saturated carbocycles. The summed E-state index contributed by atoms with van der Waals surface area (Å²) in [5.74, 6) is 0.0575. The minimum atomic E-state index is 0.0575. The number of nitrogens with zero attached hydrogens (tertiary/aromatic N) is 1. The number of benzene rings is 1. The van der Waals surface area contributed by atoms with E-state index < -0.39 is 0 Å². The summed E-state index contributed by atoms with van der Waals surface area (Å²) in [4.78, 5) is 5.11. The van der Waals surface area contributed by atoms with E-state index in [0.29, 0.717) is 10.6 Å². The molecule has 2 aromatic rings. The standard InChI is InChI=1S/C12H10ClN3S/c13-8-5-6-11(16-7-8)17-10-4-2-1-3-9(10)12(14)15/h1-7H,(H3,14,15). The molecule has 0 fully saturated rings. The van der Waals surface area contributed by atoms with Gasteiger partial charge in [-0.15, -0.1) is 0 Å². The van der Waals surface area contributed by atoms with Crippen LogP contribution >= 0.6 is 23.4 Å². The number of halogens is 1. The Hall–Kier alpha value is -1.52.